The van der Waals surface area contributed by atoms with Crippen LogP contribution in [0.4, 0.5) is 0 Å². The van der Waals surface area contributed by atoms with Gasteiger partial charge in [0.05, 0.1) is 29.8 Å². The number of aromatic nitrogens is 1. The molecule has 0 N–H and O–H groups in total. The molecule has 1 amide bonds. The van der Waals surface area contributed by atoms with E-state index in [0.717, 1.165) is 16.7 Å². The number of ether oxygens (including phenoxy) is 2. The van der Waals surface area contributed by atoms with Crippen LogP contribution in [0.25, 0.3) is 11.1 Å². The van der Waals surface area contributed by atoms with E-state index in [2.05, 4.69) is 4.98 Å². The number of amides is 1. The molecule has 0 radical (unpaired) electrons. The van der Waals surface area contributed by atoms with E-state index in [9.17, 15) is 9.59 Å². The van der Waals surface area contributed by atoms with Crippen LogP contribution in [-0.2, 0) is 10.3 Å². The van der Waals surface area contributed by atoms with Crippen LogP contribution >= 0.6 is 11.6 Å². The summed E-state index contributed by atoms with van der Waals surface area (Å²) in [5, 5.41) is 0.364. The summed E-state index contributed by atoms with van der Waals surface area (Å²) in [4.78, 5) is 31.4. The van der Waals surface area contributed by atoms with Crippen molar-refractivity contribution in [3.8, 4) is 17.0 Å². The smallest absolute Gasteiger partial charge is 0.339 e. The number of rotatable bonds is 3. The first-order valence-electron chi connectivity index (χ1n) is 9.93. The molecule has 0 unspecified atom stereocenters. The van der Waals surface area contributed by atoms with Crippen molar-refractivity contribution < 1.29 is 19.1 Å². The average Bonchev–Trinajstić information content (AvgIpc) is 3.35. The summed E-state index contributed by atoms with van der Waals surface area (Å²) in [6.45, 7) is 0.802. The molecule has 3 aromatic rings. The predicted octanol–water partition coefficient (Wildman–Crippen LogP) is 4.32. The van der Waals surface area contributed by atoms with Crippen molar-refractivity contribution in [3.05, 3.63) is 82.5 Å². The molecule has 1 fully saturated rings. The number of hydrogen-bond donors (Lipinski definition) is 0. The molecular weight excluding hydrogens is 416 g/mol. The van der Waals surface area contributed by atoms with E-state index >= 15 is 0 Å². The highest BCUT2D eigenvalue weighted by atomic mass is 35.5. The average molecular weight is 435 g/mol. The number of methoxy groups -OCH3 is 1. The van der Waals surface area contributed by atoms with Crippen molar-refractivity contribution in [3.63, 3.8) is 0 Å². The molecule has 5 rings (SSSR count). The first kappa shape index (κ1) is 19.6. The number of carbonyl (C=O) groups is 2. The number of halogens is 1. The molecule has 2 aromatic carbocycles. The lowest BCUT2D eigenvalue weighted by Gasteiger charge is -2.24. The third-order valence-corrected chi connectivity index (χ3v) is 6.24. The molecule has 0 saturated carbocycles. The van der Waals surface area contributed by atoms with Gasteiger partial charge in [-0.1, -0.05) is 35.9 Å². The number of nitrogens with zero attached hydrogens (tertiary/aromatic N) is 2. The van der Waals surface area contributed by atoms with Crippen LogP contribution in [0.2, 0.25) is 5.02 Å². The van der Waals surface area contributed by atoms with Crippen molar-refractivity contribution in [2.45, 2.75) is 12.0 Å². The topological polar surface area (TPSA) is 68.7 Å². The van der Waals surface area contributed by atoms with Gasteiger partial charge in [-0.05, 0) is 29.8 Å². The second-order valence-electron chi connectivity index (χ2n) is 7.69. The van der Waals surface area contributed by atoms with E-state index in [1.54, 1.807) is 42.5 Å². The fourth-order valence-corrected chi connectivity index (χ4v) is 4.58. The number of fused-ring (bicyclic) bond motifs is 2. The van der Waals surface area contributed by atoms with Gasteiger partial charge >= 0.3 is 5.97 Å². The fraction of sp³-hybridized carbons (Fsp3) is 0.208. The van der Waals surface area contributed by atoms with Crippen molar-refractivity contribution in [2.75, 3.05) is 20.2 Å². The maximum atomic E-state index is 13.2. The van der Waals surface area contributed by atoms with Crippen LogP contribution in [0.3, 0.4) is 0 Å². The van der Waals surface area contributed by atoms with Crippen LogP contribution in [0.15, 0.2) is 60.8 Å². The Morgan fingerprint density at radius 2 is 1.97 bits per heavy atom. The summed E-state index contributed by atoms with van der Waals surface area (Å²) in [7, 11) is 1.56. The molecular formula is C24H19ClN2O4. The molecule has 1 aromatic heterocycles. The Kier molecular flexibility index (Phi) is 4.67. The number of hydrogen-bond acceptors (Lipinski definition) is 5. The molecule has 1 spiro atoms. The summed E-state index contributed by atoms with van der Waals surface area (Å²) >= 11 is 6.49. The summed E-state index contributed by atoms with van der Waals surface area (Å²) in [6.07, 6.45) is 2.26. The largest absolute Gasteiger partial charge is 0.481 e. The van der Waals surface area contributed by atoms with Gasteiger partial charge < -0.3 is 14.4 Å². The second-order valence-corrected chi connectivity index (χ2v) is 8.10. The van der Waals surface area contributed by atoms with E-state index < -0.39 is 5.60 Å². The van der Waals surface area contributed by atoms with Crippen LogP contribution in [0.5, 0.6) is 5.88 Å². The first-order chi connectivity index (χ1) is 15.0. The van der Waals surface area contributed by atoms with Crippen molar-refractivity contribution in [1.29, 1.82) is 0 Å². The van der Waals surface area contributed by atoms with E-state index in [4.69, 9.17) is 21.1 Å². The number of likely N-dealkylation sites (tertiary alicyclic amines) is 1. The summed E-state index contributed by atoms with van der Waals surface area (Å²) in [5.41, 5.74) is 2.80. The molecule has 2 aliphatic rings. The highest BCUT2D eigenvalue weighted by Gasteiger charge is 2.51. The standard InChI is InChI=1S/C24H19ClN2O4/c1-30-21-9-7-16(13-26-21)15-6-8-18(20(25)12-15)22(28)27-11-10-24(14-27)19-5-3-2-4-17(19)23(29)31-24/h2-9,12-13H,10-11,14H2,1H3/t24-/m0/s1. The molecule has 0 bridgehead atoms. The van der Waals surface area contributed by atoms with E-state index in [-0.39, 0.29) is 11.9 Å². The Morgan fingerprint density at radius 3 is 2.71 bits per heavy atom. The highest BCUT2D eigenvalue weighted by molar-refractivity contribution is 6.34. The maximum Gasteiger partial charge on any atom is 0.339 e. The zero-order chi connectivity index (χ0) is 21.6. The molecule has 1 saturated heterocycles. The normalized spacial score (nSPS) is 19.4. The predicted molar refractivity (Wildman–Crippen MR) is 115 cm³/mol. The number of carbonyl (C=O) groups excluding carboxylic acids is 2. The fourth-order valence-electron chi connectivity index (χ4n) is 4.31. The van der Waals surface area contributed by atoms with Crippen molar-refractivity contribution >= 4 is 23.5 Å². The Labute approximate surface area is 184 Å². The minimum absolute atomic E-state index is 0.179. The van der Waals surface area contributed by atoms with Gasteiger partial charge in [0, 0.05) is 36.4 Å². The van der Waals surface area contributed by atoms with Gasteiger partial charge in [-0.15, -0.1) is 0 Å². The Morgan fingerprint density at radius 1 is 1.16 bits per heavy atom. The molecule has 156 valence electrons. The zero-order valence-electron chi connectivity index (χ0n) is 16.8. The van der Waals surface area contributed by atoms with Crippen LogP contribution in [0, 0.1) is 0 Å². The molecule has 2 aliphatic heterocycles. The van der Waals surface area contributed by atoms with Gasteiger partial charge in [0.15, 0.2) is 5.60 Å². The summed E-state index contributed by atoms with van der Waals surface area (Å²) < 4.78 is 10.8. The summed E-state index contributed by atoms with van der Waals surface area (Å²) in [5.74, 6) is 0.0147. The van der Waals surface area contributed by atoms with Gasteiger partial charge in [-0.3, -0.25) is 4.79 Å². The second kappa shape index (κ2) is 7.39. The highest BCUT2D eigenvalue weighted by Crippen LogP contribution is 2.43. The van der Waals surface area contributed by atoms with Crippen LogP contribution < -0.4 is 4.74 Å². The van der Waals surface area contributed by atoms with Gasteiger partial charge in [-0.25, -0.2) is 9.78 Å². The number of benzene rings is 2. The van der Waals surface area contributed by atoms with E-state index in [0.29, 0.717) is 41.5 Å². The molecule has 3 heterocycles. The minimum Gasteiger partial charge on any atom is -0.481 e. The monoisotopic (exact) mass is 434 g/mol. The zero-order valence-corrected chi connectivity index (χ0v) is 17.6. The Bertz CT molecular complexity index is 1190. The van der Waals surface area contributed by atoms with Crippen LogP contribution in [-0.4, -0.2) is 42.0 Å². The van der Waals surface area contributed by atoms with Gasteiger partial charge in [-0.2, -0.15) is 0 Å². The maximum absolute atomic E-state index is 13.2. The quantitative estimate of drug-likeness (QED) is 0.574. The van der Waals surface area contributed by atoms with E-state index in [1.807, 2.05) is 30.3 Å². The molecule has 0 aliphatic carbocycles. The lowest BCUT2D eigenvalue weighted by atomic mass is 9.91. The number of pyridine rings is 1. The van der Waals surface area contributed by atoms with E-state index in [1.165, 1.54) is 0 Å². The molecule has 31 heavy (non-hydrogen) atoms. The SMILES string of the molecule is COc1ccc(-c2ccc(C(=O)N3CC[C@@]4(C3)OC(=O)c3ccccc34)c(Cl)c2)cn1. The molecule has 6 nitrogen and oxygen atoms in total. The molecule has 1 atom stereocenters. The van der Waals surface area contributed by atoms with Crippen LogP contribution in [0.1, 0.15) is 32.7 Å². The summed E-state index contributed by atoms with van der Waals surface area (Å²) in [6, 6.07) is 16.4. The Balaban J connectivity index is 1.38. The van der Waals surface area contributed by atoms with Gasteiger partial charge in [0.2, 0.25) is 5.88 Å². The third-order valence-electron chi connectivity index (χ3n) is 5.92. The third kappa shape index (κ3) is 3.24. The van der Waals surface area contributed by atoms with Gasteiger partial charge in [0.1, 0.15) is 0 Å². The number of esters is 1. The molecule has 7 heteroatoms. The van der Waals surface area contributed by atoms with Gasteiger partial charge in [0.25, 0.3) is 5.91 Å². The Hall–Kier alpha value is -3.38. The first-order valence-corrected chi connectivity index (χ1v) is 10.3. The minimum atomic E-state index is -0.773. The lowest BCUT2D eigenvalue weighted by Crippen LogP contribution is -2.34. The van der Waals surface area contributed by atoms with Crippen molar-refractivity contribution in [2.24, 2.45) is 0 Å². The van der Waals surface area contributed by atoms with Crippen molar-refractivity contribution in [1.82, 2.24) is 9.88 Å². The lowest BCUT2D eigenvalue weighted by molar-refractivity contribution is -0.00306.